The first kappa shape index (κ1) is 16.2. The molecule has 2 aromatic rings. The van der Waals surface area contributed by atoms with E-state index in [1.165, 1.54) is 18.3 Å². The molecule has 0 fully saturated rings. The predicted molar refractivity (Wildman–Crippen MR) is 100 cm³/mol. The Bertz CT molecular complexity index is 862. The molecule has 0 radical (unpaired) electrons. The van der Waals surface area contributed by atoms with Crippen LogP contribution >= 0.6 is 21.0 Å². The Morgan fingerprint density at radius 2 is 1.79 bits per heavy atom. The third-order valence-electron chi connectivity index (χ3n) is 3.20. The van der Waals surface area contributed by atoms with Gasteiger partial charge < -0.3 is 15.5 Å². The number of rotatable bonds is 3. The summed E-state index contributed by atoms with van der Waals surface area (Å²) < 4.78 is 1.79. The second-order valence-electron chi connectivity index (χ2n) is 4.85. The molecule has 0 saturated carbocycles. The standard InChI is InChI=1S/C17H13IN2O4/c21-13-9-10-20(12-7-4-8-14(22)16(12)23)18-15(13)17(24)19-11-5-2-1-3-6-11/h1-10,22-23H,(H,19,24). The Morgan fingerprint density at radius 3 is 2.54 bits per heavy atom. The van der Waals surface area contributed by atoms with Crippen molar-refractivity contribution in [1.29, 1.82) is 0 Å². The van der Waals surface area contributed by atoms with Gasteiger partial charge in [-0.15, -0.1) is 0 Å². The minimum Gasteiger partial charge on any atom is -0.504 e. The van der Waals surface area contributed by atoms with Crippen molar-refractivity contribution in [2.45, 2.75) is 0 Å². The number of hydrogen-bond acceptors (Lipinski definition) is 5. The van der Waals surface area contributed by atoms with Gasteiger partial charge in [0.15, 0.2) is 17.3 Å². The smallest absolute Gasteiger partial charge is 0.266 e. The summed E-state index contributed by atoms with van der Waals surface area (Å²) in [5, 5.41) is 22.3. The van der Waals surface area contributed by atoms with Crippen LogP contribution in [0.2, 0.25) is 0 Å². The maximum atomic E-state index is 12.4. The van der Waals surface area contributed by atoms with Gasteiger partial charge in [0.25, 0.3) is 5.91 Å². The van der Waals surface area contributed by atoms with E-state index in [1.807, 2.05) is 6.07 Å². The van der Waals surface area contributed by atoms with E-state index in [0.717, 1.165) is 0 Å². The Hall–Kier alpha value is -2.68. The monoisotopic (exact) mass is 436 g/mol. The zero-order valence-electron chi connectivity index (χ0n) is 12.3. The van der Waals surface area contributed by atoms with Crippen molar-refractivity contribution in [2.75, 3.05) is 8.43 Å². The number of carbonyl (C=O) groups excluding carboxylic acids is 2. The number of phenolic OH excluding ortho intramolecular Hbond substituents is 2. The molecule has 0 aliphatic carbocycles. The average molecular weight is 436 g/mol. The number of carbonyl (C=O) groups is 2. The number of nitrogens with zero attached hydrogens (tertiary/aromatic N) is 1. The Balaban J connectivity index is 1.89. The lowest BCUT2D eigenvalue weighted by Crippen LogP contribution is -2.30. The van der Waals surface area contributed by atoms with E-state index >= 15 is 0 Å². The van der Waals surface area contributed by atoms with Crippen molar-refractivity contribution in [3.63, 3.8) is 0 Å². The number of allylic oxidation sites excluding steroid dienone is 1. The van der Waals surface area contributed by atoms with Gasteiger partial charge in [0, 0.05) is 39.0 Å². The van der Waals surface area contributed by atoms with E-state index in [2.05, 4.69) is 5.32 Å². The van der Waals surface area contributed by atoms with E-state index in [1.54, 1.807) is 39.5 Å². The van der Waals surface area contributed by atoms with Crippen molar-refractivity contribution in [3.05, 3.63) is 60.8 Å². The van der Waals surface area contributed by atoms with Crippen LogP contribution in [0.15, 0.2) is 60.8 Å². The number of nitrogens with one attached hydrogen (secondary N) is 1. The first-order valence-corrected chi connectivity index (χ1v) is 9.02. The minimum absolute atomic E-state index is 0.155. The lowest BCUT2D eigenvalue weighted by Gasteiger charge is -2.20. The molecule has 6 nitrogen and oxygen atoms in total. The summed E-state index contributed by atoms with van der Waals surface area (Å²) >= 11 is -1.17. The highest BCUT2D eigenvalue weighted by Gasteiger charge is 2.24. The molecule has 2 aromatic carbocycles. The molecule has 24 heavy (non-hydrogen) atoms. The van der Waals surface area contributed by atoms with E-state index in [4.69, 9.17) is 0 Å². The van der Waals surface area contributed by atoms with Gasteiger partial charge in [-0.1, -0.05) is 24.3 Å². The van der Waals surface area contributed by atoms with Crippen LogP contribution in [-0.4, -0.2) is 25.4 Å². The fourth-order valence-corrected chi connectivity index (χ4v) is 4.30. The number of para-hydroxylation sites is 2. The van der Waals surface area contributed by atoms with E-state index in [-0.39, 0.29) is 20.8 Å². The number of halogens is 1. The van der Waals surface area contributed by atoms with Crippen molar-refractivity contribution in [2.24, 2.45) is 0 Å². The fraction of sp³-hybridized carbons (Fsp3) is 0. The second-order valence-corrected chi connectivity index (χ2v) is 7.46. The van der Waals surface area contributed by atoms with Crippen LogP contribution in [0.3, 0.4) is 0 Å². The van der Waals surface area contributed by atoms with Crippen LogP contribution in [-0.2, 0) is 9.59 Å². The van der Waals surface area contributed by atoms with E-state index < -0.39 is 26.9 Å². The van der Waals surface area contributed by atoms with Gasteiger partial charge in [-0.3, -0.25) is 12.7 Å². The predicted octanol–water partition coefficient (Wildman–Crippen LogP) is 2.70. The summed E-state index contributed by atoms with van der Waals surface area (Å²) in [7, 11) is 0. The fourth-order valence-electron chi connectivity index (χ4n) is 2.04. The van der Waals surface area contributed by atoms with Crippen molar-refractivity contribution < 1.29 is 19.8 Å². The Labute approximate surface area is 148 Å². The van der Waals surface area contributed by atoms with Crippen LogP contribution in [0.1, 0.15) is 0 Å². The first-order valence-electron chi connectivity index (χ1n) is 6.97. The van der Waals surface area contributed by atoms with Crippen LogP contribution in [0, 0.1) is 0 Å². The third kappa shape index (κ3) is 3.30. The van der Waals surface area contributed by atoms with Gasteiger partial charge in [0.2, 0.25) is 0 Å². The number of ketones is 1. The van der Waals surface area contributed by atoms with Crippen LogP contribution in [0.4, 0.5) is 11.4 Å². The van der Waals surface area contributed by atoms with Crippen molar-refractivity contribution in [3.8, 4) is 11.5 Å². The lowest BCUT2D eigenvalue weighted by atomic mass is 10.2. The summed E-state index contributed by atoms with van der Waals surface area (Å²) in [5.41, 5.74) is 0.963. The summed E-state index contributed by atoms with van der Waals surface area (Å²) in [5.74, 6) is -1.32. The number of amides is 1. The molecule has 1 heterocycles. The highest BCUT2D eigenvalue weighted by atomic mass is 127. The molecule has 0 saturated heterocycles. The number of phenols is 2. The summed E-state index contributed by atoms with van der Waals surface area (Å²) in [4.78, 5) is 24.5. The third-order valence-corrected chi connectivity index (χ3v) is 6.07. The summed E-state index contributed by atoms with van der Waals surface area (Å²) in [6.07, 6.45) is 2.80. The van der Waals surface area contributed by atoms with Crippen molar-refractivity contribution in [1.82, 2.24) is 0 Å². The zero-order valence-corrected chi connectivity index (χ0v) is 14.5. The van der Waals surface area contributed by atoms with Gasteiger partial charge in [-0.25, -0.2) is 0 Å². The first-order chi connectivity index (χ1) is 11.6. The Morgan fingerprint density at radius 1 is 1.04 bits per heavy atom. The minimum atomic E-state index is -1.17. The summed E-state index contributed by atoms with van der Waals surface area (Å²) in [6.45, 7) is 0. The molecule has 122 valence electrons. The van der Waals surface area contributed by atoms with Crippen molar-refractivity contribution >= 4 is 47.6 Å². The number of aromatic hydroxyl groups is 2. The molecule has 3 rings (SSSR count). The molecule has 1 aliphatic rings. The van der Waals surface area contributed by atoms with Gasteiger partial charge in [-0.05, 0) is 24.3 Å². The zero-order chi connectivity index (χ0) is 17.1. The molecule has 3 N–H and O–H groups in total. The Kier molecular flexibility index (Phi) is 4.61. The number of anilines is 2. The number of hydrogen-bond donors (Lipinski definition) is 3. The molecule has 0 unspecified atom stereocenters. The quantitative estimate of drug-likeness (QED) is 0.391. The van der Waals surface area contributed by atoms with Gasteiger partial charge in [-0.2, -0.15) is 0 Å². The van der Waals surface area contributed by atoms with Gasteiger partial charge >= 0.3 is 0 Å². The maximum absolute atomic E-state index is 12.4. The molecule has 0 aromatic heterocycles. The topological polar surface area (TPSA) is 89.9 Å². The molecular weight excluding hydrogens is 423 g/mol. The highest BCUT2D eigenvalue weighted by molar-refractivity contribution is 14.2. The van der Waals surface area contributed by atoms with Crippen LogP contribution < -0.4 is 8.43 Å². The van der Waals surface area contributed by atoms with Gasteiger partial charge in [0.05, 0.1) is 5.69 Å². The molecular formula is C17H13IN2O4. The molecule has 0 spiro atoms. The maximum Gasteiger partial charge on any atom is 0.266 e. The average Bonchev–Trinajstić information content (AvgIpc) is 2.59. The molecule has 1 aliphatic heterocycles. The molecule has 7 heteroatoms. The molecule has 1 amide bonds. The van der Waals surface area contributed by atoms with Crippen LogP contribution in [0.25, 0.3) is 0 Å². The number of benzene rings is 2. The van der Waals surface area contributed by atoms with Gasteiger partial charge in [0.1, 0.15) is 3.51 Å². The normalized spacial score (nSPS) is 13.9. The highest BCUT2D eigenvalue weighted by Crippen LogP contribution is 2.39. The van der Waals surface area contributed by atoms with E-state index in [9.17, 15) is 19.8 Å². The second kappa shape index (κ2) is 6.83. The SMILES string of the molecule is O=C1C=CN(c2cccc(O)c2O)I=C1C(=O)Nc1ccccc1. The molecule has 0 atom stereocenters. The summed E-state index contributed by atoms with van der Waals surface area (Å²) in [6, 6.07) is 13.4. The lowest BCUT2D eigenvalue weighted by molar-refractivity contribution is -0.113. The van der Waals surface area contributed by atoms with E-state index in [0.29, 0.717) is 11.4 Å². The largest absolute Gasteiger partial charge is 0.504 e. The van der Waals surface area contributed by atoms with Crippen LogP contribution in [0.5, 0.6) is 11.5 Å². The molecule has 0 bridgehead atoms.